The van der Waals surface area contributed by atoms with Gasteiger partial charge in [-0.25, -0.2) is 0 Å². The zero-order chi connectivity index (χ0) is 8.93. The molecule has 1 saturated carbocycles. The second-order valence-electron chi connectivity index (χ2n) is 4.81. The molecule has 0 aromatic rings. The van der Waals surface area contributed by atoms with Gasteiger partial charge in [-0.1, -0.05) is 25.5 Å². The first-order chi connectivity index (χ1) is 5.53. The largest absolute Gasteiger partial charge is 0.299 e. The smallest absolute Gasteiger partial charge is 0.143 e. The number of fused-ring (bicyclic) bond motifs is 2. The summed E-state index contributed by atoms with van der Waals surface area (Å²) < 4.78 is 0. The van der Waals surface area contributed by atoms with E-state index in [1.807, 2.05) is 0 Å². The van der Waals surface area contributed by atoms with Gasteiger partial charge in [0.05, 0.1) is 0 Å². The minimum atomic E-state index is 0.227. The summed E-state index contributed by atoms with van der Waals surface area (Å²) in [7, 11) is 0. The van der Waals surface area contributed by atoms with Crippen LogP contribution in [0, 0.1) is 17.3 Å². The lowest BCUT2D eigenvalue weighted by atomic mass is 9.54. The van der Waals surface area contributed by atoms with Gasteiger partial charge in [0.15, 0.2) is 0 Å². The summed E-state index contributed by atoms with van der Waals surface area (Å²) in [5.74, 6) is 1.05. The zero-order valence-corrected chi connectivity index (χ0v) is 8.05. The summed E-state index contributed by atoms with van der Waals surface area (Å²) in [6.07, 6.45) is 4.38. The van der Waals surface area contributed by atoms with E-state index < -0.39 is 0 Å². The van der Waals surface area contributed by atoms with Gasteiger partial charge in [0.25, 0.3) is 0 Å². The fourth-order valence-electron chi connectivity index (χ4n) is 2.62. The van der Waals surface area contributed by atoms with Crippen LogP contribution in [-0.2, 0) is 4.79 Å². The average molecular weight is 164 g/mol. The van der Waals surface area contributed by atoms with Gasteiger partial charge in [0.2, 0.25) is 0 Å². The highest BCUT2D eigenvalue weighted by Gasteiger charge is 2.55. The summed E-state index contributed by atoms with van der Waals surface area (Å²) >= 11 is 0. The first-order valence-corrected chi connectivity index (χ1v) is 4.74. The number of carbonyl (C=O) groups is 1. The molecule has 0 aromatic carbocycles. The van der Waals surface area contributed by atoms with Crippen LogP contribution in [0.1, 0.15) is 33.6 Å². The second kappa shape index (κ2) is 2.21. The maximum absolute atomic E-state index is 11.6. The topological polar surface area (TPSA) is 17.1 Å². The minimum Gasteiger partial charge on any atom is -0.299 e. The van der Waals surface area contributed by atoms with Gasteiger partial charge in [0, 0.05) is 11.8 Å². The first-order valence-electron chi connectivity index (χ1n) is 4.74. The van der Waals surface area contributed by atoms with Crippen molar-refractivity contribution in [3.8, 4) is 0 Å². The Balaban J connectivity index is 2.35. The highest BCUT2D eigenvalue weighted by atomic mass is 16.1. The van der Waals surface area contributed by atoms with Crippen LogP contribution in [0.4, 0.5) is 0 Å². The fourth-order valence-corrected chi connectivity index (χ4v) is 2.62. The van der Waals surface area contributed by atoms with Crippen molar-refractivity contribution in [1.29, 1.82) is 0 Å². The normalized spacial score (nSPS) is 38.2. The molecule has 0 spiro atoms. The molecule has 0 N–H and O–H groups in total. The third-order valence-corrected chi connectivity index (χ3v) is 3.63. The molecule has 0 aromatic heterocycles. The molecule has 2 atom stereocenters. The van der Waals surface area contributed by atoms with E-state index in [0.717, 1.165) is 12.8 Å². The number of rotatable bonds is 0. The van der Waals surface area contributed by atoms with Gasteiger partial charge < -0.3 is 0 Å². The van der Waals surface area contributed by atoms with Crippen molar-refractivity contribution >= 4 is 5.78 Å². The predicted octanol–water partition coefficient (Wildman–Crippen LogP) is 2.57. The molecule has 0 heterocycles. The fraction of sp³-hybridized carbons (Fsp3) is 0.727. The molecule has 1 fully saturated rings. The number of hydrogen-bond acceptors (Lipinski definition) is 1. The Kier molecular flexibility index (Phi) is 1.48. The van der Waals surface area contributed by atoms with E-state index >= 15 is 0 Å². The van der Waals surface area contributed by atoms with Crippen LogP contribution in [0.25, 0.3) is 0 Å². The summed E-state index contributed by atoms with van der Waals surface area (Å²) in [5, 5.41) is 0. The monoisotopic (exact) mass is 164 g/mol. The number of allylic oxidation sites excluding steroid dienone is 2. The Morgan fingerprint density at radius 3 is 2.75 bits per heavy atom. The SMILES string of the molecule is CC1=C[C@H]2C(=O)[C@@H](CC1)C2(C)C. The quantitative estimate of drug-likeness (QED) is 0.503. The average Bonchev–Trinajstić information content (AvgIpc) is 2.19. The van der Waals surface area contributed by atoms with Gasteiger partial charge in [-0.3, -0.25) is 4.79 Å². The molecule has 2 bridgehead atoms. The molecule has 0 saturated heterocycles. The standard InChI is InChI=1S/C11H16O/c1-7-4-5-8-10(12)9(6-7)11(8,2)3/h6,8-9H,4-5H2,1-3H3/t8-,9+/m1/s1. The van der Waals surface area contributed by atoms with Crippen LogP contribution < -0.4 is 0 Å². The summed E-state index contributed by atoms with van der Waals surface area (Å²) in [4.78, 5) is 11.6. The molecular weight excluding hydrogens is 148 g/mol. The van der Waals surface area contributed by atoms with Gasteiger partial charge in [0.1, 0.15) is 5.78 Å². The molecule has 3 aliphatic carbocycles. The third-order valence-electron chi connectivity index (χ3n) is 3.63. The van der Waals surface area contributed by atoms with Crippen LogP contribution in [0.15, 0.2) is 11.6 Å². The predicted molar refractivity (Wildman–Crippen MR) is 48.8 cm³/mol. The molecule has 0 radical (unpaired) electrons. The maximum atomic E-state index is 11.6. The number of carbonyl (C=O) groups excluding carboxylic acids is 1. The molecule has 0 amide bonds. The van der Waals surface area contributed by atoms with Gasteiger partial charge in [-0.2, -0.15) is 0 Å². The molecule has 3 rings (SSSR count). The first kappa shape index (κ1) is 8.03. The van der Waals surface area contributed by atoms with Crippen molar-refractivity contribution in [2.45, 2.75) is 33.6 Å². The molecule has 1 heteroatoms. The summed E-state index contributed by atoms with van der Waals surface area (Å²) in [6.45, 7) is 6.59. The van der Waals surface area contributed by atoms with Gasteiger partial charge >= 0.3 is 0 Å². The van der Waals surface area contributed by atoms with Crippen LogP contribution in [0.3, 0.4) is 0 Å². The Hall–Kier alpha value is -0.590. The maximum Gasteiger partial charge on any atom is 0.143 e. The Bertz CT molecular complexity index is 260. The molecule has 0 aliphatic heterocycles. The van der Waals surface area contributed by atoms with Crippen molar-refractivity contribution < 1.29 is 4.79 Å². The van der Waals surface area contributed by atoms with Crippen molar-refractivity contribution in [1.82, 2.24) is 0 Å². The van der Waals surface area contributed by atoms with Gasteiger partial charge in [-0.15, -0.1) is 0 Å². The highest BCUT2D eigenvalue weighted by molar-refractivity contribution is 5.93. The Labute approximate surface area is 73.8 Å². The highest BCUT2D eigenvalue weighted by Crippen LogP contribution is 2.53. The minimum absolute atomic E-state index is 0.227. The third kappa shape index (κ3) is 0.825. The molecule has 66 valence electrons. The number of Topliss-reactive ketones (excluding diaryl/α,β-unsaturated/α-hetero) is 1. The van der Waals surface area contributed by atoms with E-state index in [4.69, 9.17) is 0 Å². The zero-order valence-electron chi connectivity index (χ0n) is 8.05. The lowest BCUT2D eigenvalue weighted by Crippen LogP contribution is -2.52. The van der Waals surface area contributed by atoms with E-state index in [0.29, 0.717) is 11.7 Å². The van der Waals surface area contributed by atoms with Crippen molar-refractivity contribution in [3.05, 3.63) is 11.6 Å². The summed E-state index contributed by atoms with van der Waals surface area (Å²) in [6, 6.07) is 0. The van der Waals surface area contributed by atoms with Crippen LogP contribution >= 0.6 is 0 Å². The van der Waals surface area contributed by atoms with E-state index in [2.05, 4.69) is 26.8 Å². The molecule has 12 heavy (non-hydrogen) atoms. The molecule has 3 aliphatic rings. The molecular formula is C11H16O. The second-order valence-corrected chi connectivity index (χ2v) is 4.81. The van der Waals surface area contributed by atoms with Gasteiger partial charge in [-0.05, 0) is 25.2 Å². The van der Waals surface area contributed by atoms with Crippen LogP contribution in [0.2, 0.25) is 0 Å². The van der Waals surface area contributed by atoms with E-state index in [9.17, 15) is 4.79 Å². The Morgan fingerprint density at radius 2 is 2.17 bits per heavy atom. The molecule has 1 nitrogen and oxygen atoms in total. The van der Waals surface area contributed by atoms with E-state index in [1.165, 1.54) is 5.57 Å². The van der Waals surface area contributed by atoms with Crippen molar-refractivity contribution in [2.75, 3.05) is 0 Å². The lowest BCUT2D eigenvalue weighted by molar-refractivity contribution is -0.147. The van der Waals surface area contributed by atoms with Crippen molar-refractivity contribution in [3.63, 3.8) is 0 Å². The van der Waals surface area contributed by atoms with E-state index in [1.54, 1.807) is 0 Å². The number of hydrogen-bond donors (Lipinski definition) is 0. The summed E-state index contributed by atoms with van der Waals surface area (Å²) in [5.41, 5.74) is 1.65. The number of ketones is 1. The van der Waals surface area contributed by atoms with Crippen molar-refractivity contribution in [2.24, 2.45) is 17.3 Å². The lowest BCUT2D eigenvalue weighted by Gasteiger charge is -2.48. The van der Waals surface area contributed by atoms with Crippen LogP contribution in [0.5, 0.6) is 0 Å². The molecule has 0 unspecified atom stereocenters. The Morgan fingerprint density at radius 1 is 1.50 bits per heavy atom. The van der Waals surface area contributed by atoms with Crippen LogP contribution in [-0.4, -0.2) is 5.78 Å². The van der Waals surface area contributed by atoms with E-state index in [-0.39, 0.29) is 11.3 Å².